The third-order valence-electron chi connectivity index (χ3n) is 9.06. The molecule has 16 heteroatoms. The van der Waals surface area contributed by atoms with Gasteiger partial charge in [-0.2, -0.15) is 5.10 Å². The molecule has 0 aliphatic rings. The van der Waals surface area contributed by atoms with E-state index >= 15 is 0 Å². The summed E-state index contributed by atoms with van der Waals surface area (Å²) < 4.78 is 4.85. The van der Waals surface area contributed by atoms with Crippen LogP contribution in [0.5, 0.6) is 0 Å². The van der Waals surface area contributed by atoms with Crippen LogP contribution in [0, 0.1) is 18.8 Å². The fourth-order valence-corrected chi connectivity index (χ4v) is 5.88. The normalized spacial score (nSPS) is 11.8. The van der Waals surface area contributed by atoms with Crippen molar-refractivity contribution in [3.8, 4) is 17.5 Å². The monoisotopic (exact) mass is 603 g/mol. The van der Waals surface area contributed by atoms with E-state index in [1.807, 2.05) is 41.8 Å². The van der Waals surface area contributed by atoms with Gasteiger partial charge in [0.15, 0.2) is 11.5 Å². The summed E-state index contributed by atoms with van der Waals surface area (Å²) in [6.45, 7) is 3.74. The number of anilines is 1. The second-order valence-electron chi connectivity index (χ2n) is 11.6. The summed E-state index contributed by atoms with van der Waals surface area (Å²) >= 11 is 0. The zero-order valence-electron chi connectivity index (χ0n) is 27.1. The standard InChI is InChI=1S/C30H30B5N9O2/c1-13(39-29(45)19-26(36)41-43-11-5-10-37-28(19)43)27-40-17-7-4-6-15(8-9-16-12-38-42(3)14(16)2)18(17)30(46)44(27)25-23(34)21(32)20(31)22(33)24(25)35/h4-7,10-13H,31-35H2,1-3H3,(H2,36,41)(H,39,45). The number of nitrogens with two attached hydrogens (primary N) is 1. The van der Waals surface area contributed by atoms with Crippen LogP contribution in [0.2, 0.25) is 0 Å². The number of hydrogen-bond donors (Lipinski definition) is 2. The highest BCUT2D eigenvalue weighted by atomic mass is 16.2. The largest absolute Gasteiger partial charge is 0.381 e. The van der Waals surface area contributed by atoms with E-state index in [9.17, 15) is 9.59 Å². The van der Waals surface area contributed by atoms with E-state index in [4.69, 9.17) is 10.7 Å². The summed E-state index contributed by atoms with van der Waals surface area (Å²) in [6.07, 6.45) is 4.96. The molecule has 0 saturated heterocycles. The van der Waals surface area contributed by atoms with Gasteiger partial charge in [0.2, 0.25) is 0 Å². The molecule has 222 valence electrons. The summed E-state index contributed by atoms with van der Waals surface area (Å²) in [7, 11) is 12.1. The Kier molecular flexibility index (Phi) is 7.64. The topological polar surface area (TPSA) is 138 Å². The number of carbonyl (C=O) groups excluding carboxylic acids is 1. The number of nitrogens with one attached hydrogen (secondary N) is 1. The minimum absolute atomic E-state index is 0.0517. The van der Waals surface area contributed by atoms with Gasteiger partial charge in [-0.25, -0.2) is 14.5 Å². The number of fused-ring (bicyclic) bond motifs is 2. The highest BCUT2D eigenvalue weighted by molar-refractivity contribution is 6.68. The van der Waals surface area contributed by atoms with Crippen molar-refractivity contribution < 1.29 is 4.79 Å². The lowest BCUT2D eigenvalue weighted by Crippen LogP contribution is -2.57. The lowest BCUT2D eigenvalue weighted by molar-refractivity contribution is 0.0940. The van der Waals surface area contributed by atoms with Crippen LogP contribution in [0.1, 0.15) is 46.0 Å². The molecule has 3 N–H and O–H groups in total. The van der Waals surface area contributed by atoms with Gasteiger partial charge in [-0.1, -0.05) is 39.8 Å². The molecule has 1 amide bonds. The van der Waals surface area contributed by atoms with Gasteiger partial charge < -0.3 is 11.1 Å². The van der Waals surface area contributed by atoms with Gasteiger partial charge in [0.1, 0.15) is 50.6 Å². The third-order valence-corrected chi connectivity index (χ3v) is 9.06. The van der Waals surface area contributed by atoms with Crippen molar-refractivity contribution in [1.82, 2.24) is 39.2 Å². The molecule has 0 saturated carbocycles. The van der Waals surface area contributed by atoms with Crippen LogP contribution in [0.25, 0.3) is 22.2 Å². The lowest BCUT2D eigenvalue weighted by Gasteiger charge is -2.26. The first-order valence-electron chi connectivity index (χ1n) is 14.9. The second-order valence-corrected chi connectivity index (χ2v) is 11.6. The third kappa shape index (κ3) is 4.88. The van der Waals surface area contributed by atoms with Crippen molar-refractivity contribution in [2.45, 2.75) is 19.9 Å². The molecule has 1 atom stereocenters. The average Bonchev–Trinajstić information content (AvgIpc) is 3.55. The molecule has 0 bridgehead atoms. The summed E-state index contributed by atoms with van der Waals surface area (Å²) in [5, 5.41) is 11.9. The van der Waals surface area contributed by atoms with Crippen molar-refractivity contribution in [3.63, 3.8) is 0 Å². The van der Waals surface area contributed by atoms with E-state index in [2.05, 4.69) is 55.9 Å². The molecular formula is C30H30B5N9O2. The van der Waals surface area contributed by atoms with E-state index in [-0.39, 0.29) is 16.9 Å². The van der Waals surface area contributed by atoms with E-state index in [0.717, 1.165) is 44.3 Å². The van der Waals surface area contributed by atoms with Gasteiger partial charge in [-0.05, 0) is 32.0 Å². The molecule has 4 heterocycles. The maximum Gasteiger partial charge on any atom is 0.267 e. The Morgan fingerprint density at radius 2 is 1.67 bits per heavy atom. The van der Waals surface area contributed by atoms with Gasteiger partial charge in [0, 0.05) is 30.7 Å². The Labute approximate surface area is 270 Å². The summed E-state index contributed by atoms with van der Waals surface area (Å²) in [5.41, 5.74) is 15.1. The number of nitrogen functional groups attached to an aromatic ring is 1. The fourth-order valence-electron chi connectivity index (χ4n) is 5.88. The minimum Gasteiger partial charge on any atom is -0.381 e. The zero-order valence-corrected chi connectivity index (χ0v) is 27.1. The first-order valence-corrected chi connectivity index (χ1v) is 14.9. The van der Waals surface area contributed by atoms with Crippen molar-refractivity contribution in [2.75, 3.05) is 5.73 Å². The Bertz CT molecular complexity index is 2340. The molecule has 1 unspecified atom stereocenters. The van der Waals surface area contributed by atoms with Crippen LogP contribution in [-0.2, 0) is 7.05 Å². The molecule has 0 radical (unpaired) electrons. The van der Waals surface area contributed by atoms with Crippen molar-refractivity contribution >= 4 is 94.8 Å². The first kappa shape index (κ1) is 30.6. The zero-order chi connectivity index (χ0) is 33.0. The van der Waals surface area contributed by atoms with E-state index in [0.29, 0.717) is 27.9 Å². The molecule has 4 aromatic heterocycles. The van der Waals surface area contributed by atoms with Crippen LogP contribution in [0.4, 0.5) is 5.82 Å². The maximum atomic E-state index is 14.8. The van der Waals surface area contributed by atoms with Gasteiger partial charge in [-0.15, -0.1) is 10.6 Å². The highest BCUT2D eigenvalue weighted by Gasteiger charge is 2.26. The maximum absolute atomic E-state index is 14.8. The van der Waals surface area contributed by atoms with Gasteiger partial charge >= 0.3 is 0 Å². The molecule has 0 aliphatic carbocycles. The minimum atomic E-state index is -0.712. The Morgan fingerprint density at radius 1 is 1.00 bits per heavy atom. The number of amides is 1. The van der Waals surface area contributed by atoms with Gasteiger partial charge in [0.05, 0.1) is 34.4 Å². The summed E-state index contributed by atoms with van der Waals surface area (Å²) in [6, 6.07) is 6.43. The molecule has 11 nitrogen and oxygen atoms in total. The number of rotatable bonds is 4. The van der Waals surface area contributed by atoms with Crippen LogP contribution >= 0.6 is 0 Å². The molecule has 0 spiro atoms. The molecule has 0 aliphatic heterocycles. The van der Waals surface area contributed by atoms with Crippen molar-refractivity contribution in [3.05, 3.63) is 81.4 Å². The van der Waals surface area contributed by atoms with Crippen molar-refractivity contribution in [1.29, 1.82) is 0 Å². The van der Waals surface area contributed by atoms with Crippen LogP contribution in [-0.4, -0.2) is 79.1 Å². The molecule has 6 aromatic rings. The van der Waals surface area contributed by atoms with Crippen LogP contribution in [0.15, 0.2) is 47.7 Å². The second kappa shape index (κ2) is 11.5. The summed E-state index contributed by atoms with van der Waals surface area (Å²) in [5.74, 6) is 6.34. The number of aromatic nitrogens is 7. The average molecular weight is 603 g/mol. The van der Waals surface area contributed by atoms with E-state index in [1.54, 1.807) is 46.9 Å². The molecule has 2 aromatic carbocycles. The predicted molar refractivity (Wildman–Crippen MR) is 195 cm³/mol. The Morgan fingerprint density at radius 3 is 2.35 bits per heavy atom. The van der Waals surface area contributed by atoms with Crippen molar-refractivity contribution in [2.24, 2.45) is 7.05 Å². The lowest BCUT2D eigenvalue weighted by atomic mass is 9.61. The molecule has 6 rings (SSSR count). The van der Waals surface area contributed by atoms with E-state index < -0.39 is 11.9 Å². The SMILES string of the molecule is Bc1c(B)c(B)c(-n2c(C(C)NC(=O)c3c(N)nn4cccnc34)nc3cccc(C#Cc4cnn(C)c4C)c3c2=O)c(B)c1B. The summed E-state index contributed by atoms with van der Waals surface area (Å²) in [4.78, 5) is 37.8. The fraction of sp³-hybridized carbons (Fsp3) is 0.133. The number of hydrogen-bond acceptors (Lipinski definition) is 7. The predicted octanol–water partition coefficient (Wildman–Crippen LogP) is -5.76. The highest BCUT2D eigenvalue weighted by Crippen LogP contribution is 2.21. The molecule has 46 heavy (non-hydrogen) atoms. The van der Waals surface area contributed by atoms with Gasteiger partial charge in [0.25, 0.3) is 11.5 Å². The van der Waals surface area contributed by atoms with Crippen LogP contribution in [0.3, 0.4) is 0 Å². The van der Waals surface area contributed by atoms with Gasteiger partial charge in [-0.3, -0.25) is 18.8 Å². The Balaban J connectivity index is 1.58. The van der Waals surface area contributed by atoms with Crippen LogP contribution < -0.4 is 43.9 Å². The number of benzene rings is 2. The number of carbonyl (C=O) groups is 1. The smallest absolute Gasteiger partial charge is 0.267 e. The number of aryl methyl sites for hydroxylation is 1. The molecule has 0 fully saturated rings. The molecular weight excluding hydrogens is 572 g/mol. The quantitative estimate of drug-likeness (QED) is 0.152. The number of nitrogens with zero attached hydrogens (tertiary/aromatic N) is 7. The first-order chi connectivity index (χ1) is 21.9. The Hall–Kier alpha value is -5.44. The van der Waals surface area contributed by atoms with E-state index in [1.165, 1.54) is 4.52 Å².